The fraction of sp³-hybridized carbons (Fsp3) is 0.310. The van der Waals surface area contributed by atoms with Gasteiger partial charge in [0.05, 0.1) is 19.1 Å². The Balaban J connectivity index is 1.27. The van der Waals surface area contributed by atoms with Crippen LogP contribution >= 0.6 is 11.8 Å². The maximum absolute atomic E-state index is 13.6. The third-order valence-electron chi connectivity index (χ3n) is 7.09. The Bertz CT molecular complexity index is 1220. The van der Waals surface area contributed by atoms with Crippen molar-refractivity contribution in [2.45, 2.75) is 17.7 Å². The third-order valence-corrected chi connectivity index (χ3v) is 8.64. The first-order chi connectivity index (χ1) is 17.5. The molecule has 186 valence electrons. The molecule has 0 aliphatic carbocycles. The van der Waals surface area contributed by atoms with E-state index in [2.05, 4.69) is 12.1 Å². The summed E-state index contributed by atoms with van der Waals surface area (Å²) in [7, 11) is 3.16. The van der Waals surface area contributed by atoms with Gasteiger partial charge in [-0.1, -0.05) is 42.5 Å². The lowest BCUT2D eigenvalue weighted by molar-refractivity contribution is 0.0497. The summed E-state index contributed by atoms with van der Waals surface area (Å²) >= 11 is 1.83. The van der Waals surface area contributed by atoms with E-state index in [1.807, 2.05) is 64.0 Å². The molecule has 2 amide bonds. The fourth-order valence-electron chi connectivity index (χ4n) is 5.07. The van der Waals surface area contributed by atoms with Gasteiger partial charge in [-0.05, 0) is 48.2 Å². The zero-order valence-electron chi connectivity index (χ0n) is 20.6. The third kappa shape index (κ3) is 4.67. The van der Waals surface area contributed by atoms with Gasteiger partial charge in [-0.2, -0.15) is 0 Å². The molecule has 5 rings (SSSR count). The highest BCUT2D eigenvalue weighted by molar-refractivity contribution is 8.00. The van der Waals surface area contributed by atoms with Crippen molar-refractivity contribution in [2.75, 3.05) is 39.6 Å². The molecule has 2 aliphatic heterocycles. The normalized spacial score (nSPS) is 16.7. The minimum atomic E-state index is -0.290. The van der Waals surface area contributed by atoms with E-state index in [9.17, 15) is 9.59 Å². The second-order valence-electron chi connectivity index (χ2n) is 9.09. The summed E-state index contributed by atoms with van der Waals surface area (Å²) in [5, 5.41) is 0. The van der Waals surface area contributed by atoms with Crippen molar-refractivity contribution in [1.29, 1.82) is 0 Å². The largest absolute Gasteiger partial charge is 0.497 e. The van der Waals surface area contributed by atoms with Crippen molar-refractivity contribution >= 4 is 23.6 Å². The summed E-state index contributed by atoms with van der Waals surface area (Å²) in [5.74, 6) is 2.10. The molecule has 0 unspecified atom stereocenters. The molecule has 36 heavy (non-hydrogen) atoms. The first kappa shape index (κ1) is 24.3. The van der Waals surface area contributed by atoms with Gasteiger partial charge in [-0.15, -0.1) is 11.8 Å². The number of amides is 2. The van der Waals surface area contributed by atoms with Gasteiger partial charge >= 0.3 is 0 Å². The molecule has 0 radical (unpaired) electrons. The summed E-state index contributed by atoms with van der Waals surface area (Å²) in [4.78, 5) is 30.4. The number of carbonyl (C=O) groups excluding carboxylic acids is 2. The second-order valence-corrected chi connectivity index (χ2v) is 10.5. The molecule has 6 nitrogen and oxygen atoms in total. The number of methoxy groups -OCH3 is 2. The topological polar surface area (TPSA) is 59.1 Å². The molecule has 0 bridgehead atoms. The lowest BCUT2D eigenvalue weighted by atomic mass is 9.99. The maximum Gasteiger partial charge on any atom is 0.255 e. The number of piperidine rings is 1. The Labute approximate surface area is 216 Å². The summed E-state index contributed by atoms with van der Waals surface area (Å²) < 4.78 is 10.7. The molecule has 0 atom stereocenters. The van der Waals surface area contributed by atoms with E-state index >= 15 is 0 Å². The molecule has 0 N–H and O–H groups in total. The van der Waals surface area contributed by atoms with Gasteiger partial charge < -0.3 is 19.3 Å². The van der Waals surface area contributed by atoms with Crippen LogP contribution in [0.3, 0.4) is 0 Å². The molecule has 2 heterocycles. The zero-order chi connectivity index (χ0) is 25.1. The first-order valence-electron chi connectivity index (χ1n) is 12.2. The number of carbonyl (C=O) groups is 2. The van der Waals surface area contributed by atoms with Crippen LogP contribution in [0.25, 0.3) is 11.1 Å². The molecule has 2 fully saturated rings. The van der Waals surface area contributed by atoms with E-state index in [1.165, 1.54) is 0 Å². The number of benzene rings is 3. The van der Waals surface area contributed by atoms with Crippen molar-refractivity contribution in [3.05, 3.63) is 83.9 Å². The van der Waals surface area contributed by atoms with Gasteiger partial charge in [0, 0.05) is 42.6 Å². The Morgan fingerprint density at radius 1 is 0.750 bits per heavy atom. The average molecular weight is 503 g/mol. The van der Waals surface area contributed by atoms with Gasteiger partial charge in [-0.25, -0.2) is 0 Å². The lowest BCUT2D eigenvalue weighted by Crippen LogP contribution is -2.53. The van der Waals surface area contributed by atoms with E-state index in [1.54, 1.807) is 32.4 Å². The van der Waals surface area contributed by atoms with E-state index in [-0.39, 0.29) is 16.7 Å². The number of thioether (sulfide) groups is 1. The van der Waals surface area contributed by atoms with Gasteiger partial charge in [0.2, 0.25) is 0 Å². The minimum Gasteiger partial charge on any atom is -0.497 e. The SMILES string of the molecule is COc1cc(OC)cc(C(=O)N2CCSC23CCN(C(=O)c2ccc(-c4ccccc4)cc2)CC3)c1. The smallest absolute Gasteiger partial charge is 0.255 e. The van der Waals surface area contributed by atoms with Crippen LogP contribution in [0, 0.1) is 0 Å². The van der Waals surface area contributed by atoms with Crippen LogP contribution in [0.2, 0.25) is 0 Å². The quantitative estimate of drug-likeness (QED) is 0.481. The van der Waals surface area contributed by atoms with Crippen molar-refractivity contribution in [3.63, 3.8) is 0 Å². The fourth-order valence-corrected chi connectivity index (χ4v) is 6.53. The van der Waals surface area contributed by atoms with Crippen LogP contribution in [0.5, 0.6) is 11.5 Å². The van der Waals surface area contributed by atoms with Crippen LogP contribution < -0.4 is 9.47 Å². The van der Waals surface area contributed by atoms with E-state index in [0.29, 0.717) is 42.3 Å². The van der Waals surface area contributed by atoms with Gasteiger partial charge in [0.15, 0.2) is 0 Å². The van der Waals surface area contributed by atoms with Crippen molar-refractivity contribution in [2.24, 2.45) is 0 Å². The highest BCUT2D eigenvalue weighted by Crippen LogP contribution is 2.45. The Morgan fingerprint density at radius 3 is 1.97 bits per heavy atom. The Morgan fingerprint density at radius 2 is 1.36 bits per heavy atom. The maximum atomic E-state index is 13.6. The predicted octanol–water partition coefficient (Wildman–Crippen LogP) is 5.19. The second kappa shape index (κ2) is 10.3. The monoisotopic (exact) mass is 502 g/mol. The van der Waals surface area contributed by atoms with Crippen molar-refractivity contribution in [1.82, 2.24) is 9.80 Å². The minimum absolute atomic E-state index is 0.0199. The molecular weight excluding hydrogens is 472 g/mol. The molecule has 2 saturated heterocycles. The number of likely N-dealkylation sites (tertiary alicyclic amines) is 1. The van der Waals surface area contributed by atoms with Gasteiger partial charge in [-0.3, -0.25) is 9.59 Å². The Kier molecular flexibility index (Phi) is 6.92. The summed E-state index contributed by atoms with van der Waals surface area (Å²) in [6.45, 7) is 1.94. The summed E-state index contributed by atoms with van der Waals surface area (Å²) in [6, 6.07) is 23.3. The van der Waals surface area contributed by atoms with Crippen LogP contribution in [-0.4, -0.2) is 66.1 Å². The van der Waals surface area contributed by atoms with Crippen LogP contribution in [0.4, 0.5) is 0 Å². The number of hydrogen-bond donors (Lipinski definition) is 0. The lowest BCUT2D eigenvalue weighted by Gasteiger charge is -2.44. The Hall–Kier alpha value is -3.45. The number of hydrogen-bond acceptors (Lipinski definition) is 5. The zero-order valence-corrected chi connectivity index (χ0v) is 21.4. The highest BCUT2D eigenvalue weighted by atomic mass is 32.2. The van der Waals surface area contributed by atoms with E-state index < -0.39 is 0 Å². The average Bonchev–Trinajstić information content (AvgIpc) is 3.35. The van der Waals surface area contributed by atoms with Crippen molar-refractivity contribution < 1.29 is 19.1 Å². The molecule has 0 aromatic heterocycles. The number of ether oxygens (including phenoxy) is 2. The molecule has 3 aromatic rings. The molecule has 1 spiro atoms. The van der Waals surface area contributed by atoms with Gasteiger partial charge in [0.25, 0.3) is 11.8 Å². The number of nitrogens with zero attached hydrogens (tertiary/aromatic N) is 2. The van der Waals surface area contributed by atoms with Gasteiger partial charge in [0.1, 0.15) is 11.5 Å². The molecule has 0 saturated carbocycles. The summed E-state index contributed by atoms with van der Waals surface area (Å²) in [5.41, 5.74) is 3.48. The molecule has 7 heteroatoms. The first-order valence-corrected chi connectivity index (χ1v) is 13.2. The van der Waals surface area contributed by atoms with E-state index in [4.69, 9.17) is 9.47 Å². The van der Waals surface area contributed by atoms with Crippen LogP contribution in [-0.2, 0) is 0 Å². The van der Waals surface area contributed by atoms with Crippen molar-refractivity contribution in [3.8, 4) is 22.6 Å². The van der Waals surface area contributed by atoms with Crippen LogP contribution in [0.15, 0.2) is 72.8 Å². The summed E-state index contributed by atoms with van der Waals surface area (Å²) in [6.07, 6.45) is 1.50. The molecule has 3 aromatic carbocycles. The molecule has 2 aliphatic rings. The molecular formula is C29H30N2O4S. The van der Waals surface area contributed by atoms with Crippen LogP contribution in [0.1, 0.15) is 33.6 Å². The van der Waals surface area contributed by atoms with E-state index in [0.717, 1.165) is 29.7 Å². The standard InChI is InChI=1S/C29H30N2O4S/c1-34-25-18-24(19-26(20-25)35-2)28(33)31-16-17-36-29(31)12-14-30(15-13-29)27(32)23-10-8-22(9-11-23)21-6-4-3-5-7-21/h3-11,18-20H,12-17H2,1-2H3. The number of rotatable bonds is 5. The highest BCUT2D eigenvalue weighted by Gasteiger charge is 2.47. The predicted molar refractivity (Wildman–Crippen MR) is 143 cm³/mol.